The highest BCUT2D eigenvalue weighted by atomic mass is 19.1. The maximum absolute atomic E-state index is 13.4. The molecule has 1 N–H and O–H groups in total. The lowest BCUT2D eigenvalue weighted by Gasteiger charge is -2.26. The van der Waals surface area contributed by atoms with E-state index >= 15 is 0 Å². The van der Waals surface area contributed by atoms with Crippen molar-refractivity contribution >= 4 is 0 Å². The van der Waals surface area contributed by atoms with Crippen LogP contribution in [0, 0.1) is 23.0 Å². The van der Waals surface area contributed by atoms with E-state index in [1.165, 1.54) is 0 Å². The van der Waals surface area contributed by atoms with Crippen LogP contribution in [0.5, 0.6) is 5.75 Å². The Labute approximate surface area is 124 Å². The van der Waals surface area contributed by atoms with Gasteiger partial charge < -0.3 is 4.74 Å². The average Bonchev–Trinajstić information content (AvgIpc) is 2.50. The number of nitriles is 1. The molecule has 0 saturated heterocycles. The van der Waals surface area contributed by atoms with Crippen LogP contribution in [0.25, 0.3) is 0 Å². The van der Waals surface area contributed by atoms with E-state index < -0.39 is 17.2 Å². The lowest BCUT2D eigenvalue weighted by atomic mass is 9.92. The molecular formula is C16H22F2N2O. The Balaban J connectivity index is 2.48. The minimum absolute atomic E-state index is 0.0874. The van der Waals surface area contributed by atoms with Crippen molar-refractivity contribution in [1.82, 2.24) is 5.32 Å². The lowest BCUT2D eigenvalue weighted by molar-refractivity contribution is 0.265. The van der Waals surface area contributed by atoms with Crippen LogP contribution in [-0.2, 0) is 0 Å². The molecule has 1 unspecified atom stereocenters. The highest BCUT2D eigenvalue weighted by Gasteiger charge is 2.26. The van der Waals surface area contributed by atoms with Crippen LogP contribution in [0.3, 0.4) is 0 Å². The topological polar surface area (TPSA) is 45.0 Å². The van der Waals surface area contributed by atoms with Crippen molar-refractivity contribution in [3.63, 3.8) is 0 Å². The van der Waals surface area contributed by atoms with Gasteiger partial charge in [0.15, 0.2) is 11.6 Å². The summed E-state index contributed by atoms with van der Waals surface area (Å²) in [5, 5.41) is 12.6. The second kappa shape index (κ2) is 8.58. The summed E-state index contributed by atoms with van der Waals surface area (Å²) >= 11 is 0. The molecule has 0 fully saturated rings. The first-order valence-corrected chi connectivity index (χ1v) is 7.31. The number of rotatable bonds is 9. The van der Waals surface area contributed by atoms with E-state index in [4.69, 9.17) is 4.74 Å². The van der Waals surface area contributed by atoms with Gasteiger partial charge in [-0.2, -0.15) is 5.26 Å². The van der Waals surface area contributed by atoms with E-state index in [2.05, 4.69) is 11.4 Å². The fourth-order valence-corrected chi connectivity index (χ4v) is 2.07. The third-order valence-electron chi connectivity index (χ3n) is 3.43. The monoisotopic (exact) mass is 296 g/mol. The molecule has 0 aliphatic rings. The quantitative estimate of drug-likeness (QED) is 0.705. The van der Waals surface area contributed by atoms with Gasteiger partial charge in [-0.15, -0.1) is 0 Å². The Bertz CT molecular complexity index is 488. The van der Waals surface area contributed by atoms with Gasteiger partial charge in [0.2, 0.25) is 0 Å². The van der Waals surface area contributed by atoms with Gasteiger partial charge in [-0.1, -0.05) is 13.8 Å². The maximum atomic E-state index is 13.4. The van der Waals surface area contributed by atoms with Gasteiger partial charge in [0.1, 0.15) is 11.4 Å². The molecule has 0 heterocycles. The Morgan fingerprint density at radius 1 is 1.33 bits per heavy atom. The van der Waals surface area contributed by atoms with Crippen LogP contribution in [-0.4, -0.2) is 18.7 Å². The van der Waals surface area contributed by atoms with Crippen LogP contribution in [0.1, 0.15) is 39.5 Å². The molecule has 0 bridgehead atoms. The number of hydrogen-bond acceptors (Lipinski definition) is 3. The molecule has 0 radical (unpaired) electrons. The minimum Gasteiger partial charge on any atom is -0.490 e. The zero-order chi connectivity index (χ0) is 15.7. The molecule has 0 spiro atoms. The summed E-state index contributed by atoms with van der Waals surface area (Å²) < 4.78 is 31.6. The summed E-state index contributed by atoms with van der Waals surface area (Å²) in [5.74, 6) is -1.20. The number of halogens is 2. The van der Waals surface area contributed by atoms with Gasteiger partial charge in [0, 0.05) is 6.07 Å². The normalized spacial score (nSPS) is 13.5. The molecule has 0 aromatic heterocycles. The molecule has 1 rings (SSSR count). The van der Waals surface area contributed by atoms with Crippen molar-refractivity contribution in [3.05, 3.63) is 29.8 Å². The smallest absolute Gasteiger partial charge is 0.165 e. The van der Waals surface area contributed by atoms with Gasteiger partial charge in [-0.25, -0.2) is 8.78 Å². The Morgan fingerprint density at radius 2 is 2.10 bits per heavy atom. The molecular weight excluding hydrogens is 274 g/mol. The van der Waals surface area contributed by atoms with E-state index in [0.29, 0.717) is 19.3 Å². The van der Waals surface area contributed by atoms with Crippen molar-refractivity contribution in [1.29, 1.82) is 5.26 Å². The number of hydrogen-bond donors (Lipinski definition) is 1. The summed E-state index contributed by atoms with van der Waals surface area (Å²) in [6.07, 6.45) is 2.84. The maximum Gasteiger partial charge on any atom is 0.165 e. The minimum atomic E-state index is -0.581. The van der Waals surface area contributed by atoms with Crippen LogP contribution in [0.4, 0.5) is 8.78 Å². The van der Waals surface area contributed by atoms with Crippen LogP contribution in [0.15, 0.2) is 18.2 Å². The third kappa shape index (κ3) is 5.31. The second-order valence-corrected chi connectivity index (χ2v) is 5.00. The van der Waals surface area contributed by atoms with Crippen molar-refractivity contribution in [3.8, 4) is 11.8 Å². The van der Waals surface area contributed by atoms with E-state index in [1.807, 2.05) is 13.8 Å². The van der Waals surface area contributed by atoms with Crippen LogP contribution in [0.2, 0.25) is 0 Å². The summed E-state index contributed by atoms with van der Waals surface area (Å²) in [6.45, 7) is 5.03. The largest absolute Gasteiger partial charge is 0.490 e. The molecule has 0 aliphatic carbocycles. The summed E-state index contributed by atoms with van der Waals surface area (Å²) in [4.78, 5) is 0. The van der Waals surface area contributed by atoms with Crippen molar-refractivity contribution in [2.75, 3.05) is 13.2 Å². The standard InChI is InChI=1S/C16H22F2N2O/c1-3-9-20-16(4-2,12-19)8-5-10-21-15-11-13(17)6-7-14(15)18/h6-7,11,20H,3-5,8-10H2,1-2H3. The number of benzene rings is 1. The summed E-state index contributed by atoms with van der Waals surface area (Å²) in [6, 6.07) is 5.44. The number of nitrogens with zero attached hydrogens (tertiary/aromatic N) is 1. The number of nitrogens with one attached hydrogen (secondary N) is 1. The molecule has 1 aromatic rings. The zero-order valence-electron chi connectivity index (χ0n) is 12.6. The molecule has 21 heavy (non-hydrogen) atoms. The number of ether oxygens (including phenoxy) is 1. The zero-order valence-corrected chi connectivity index (χ0v) is 12.6. The summed E-state index contributed by atoms with van der Waals surface area (Å²) in [5.41, 5.74) is -0.570. The molecule has 0 saturated carbocycles. The lowest BCUT2D eigenvalue weighted by Crippen LogP contribution is -2.44. The van der Waals surface area contributed by atoms with Crippen molar-refractivity contribution in [2.24, 2.45) is 0 Å². The fourth-order valence-electron chi connectivity index (χ4n) is 2.07. The van der Waals surface area contributed by atoms with Crippen molar-refractivity contribution in [2.45, 2.75) is 45.1 Å². The van der Waals surface area contributed by atoms with Gasteiger partial charge in [0.05, 0.1) is 12.7 Å². The Hall–Kier alpha value is -1.67. The Kier molecular flexibility index (Phi) is 7.10. The van der Waals surface area contributed by atoms with E-state index in [-0.39, 0.29) is 12.4 Å². The molecule has 1 atom stereocenters. The molecule has 5 heteroatoms. The molecule has 116 valence electrons. The van der Waals surface area contributed by atoms with Gasteiger partial charge in [-0.3, -0.25) is 5.32 Å². The predicted molar refractivity (Wildman–Crippen MR) is 78.0 cm³/mol. The Morgan fingerprint density at radius 3 is 2.71 bits per heavy atom. The average molecular weight is 296 g/mol. The molecule has 0 amide bonds. The molecule has 1 aromatic carbocycles. The van der Waals surface area contributed by atoms with Crippen LogP contribution < -0.4 is 10.1 Å². The molecule has 3 nitrogen and oxygen atoms in total. The van der Waals surface area contributed by atoms with Gasteiger partial charge in [-0.05, 0) is 44.4 Å². The SMILES string of the molecule is CCCNC(C#N)(CC)CCCOc1cc(F)ccc1F. The first-order chi connectivity index (χ1) is 10.1. The van der Waals surface area contributed by atoms with Gasteiger partial charge in [0.25, 0.3) is 0 Å². The highest BCUT2D eigenvalue weighted by molar-refractivity contribution is 5.24. The first-order valence-electron chi connectivity index (χ1n) is 7.31. The van der Waals surface area contributed by atoms with E-state index in [0.717, 1.165) is 31.2 Å². The molecule has 0 aliphatic heterocycles. The highest BCUT2D eigenvalue weighted by Crippen LogP contribution is 2.20. The predicted octanol–water partition coefficient (Wildman–Crippen LogP) is 3.80. The van der Waals surface area contributed by atoms with Crippen LogP contribution >= 0.6 is 0 Å². The van der Waals surface area contributed by atoms with E-state index in [1.54, 1.807) is 0 Å². The second-order valence-electron chi connectivity index (χ2n) is 5.00. The fraction of sp³-hybridized carbons (Fsp3) is 0.562. The van der Waals surface area contributed by atoms with Gasteiger partial charge >= 0.3 is 0 Å². The first kappa shape index (κ1) is 17.4. The summed E-state index contributed by atoms with van der Waals surface area (Å²) in [7, 11) is 0. The third-order valence-corrected chi connectivity index (χ3v) is 3.43. The van der Waals surface area contributed by atoms with E-state index in [9.17, 15) is 14.0 Å². The van der Waals surface area contributed by atoms with Crippen molar-refractivity contribution < 1.29 is 13.5 Å².